The number of aliphatic hydroxyl groups excluding tert-OH is 1. The molecular weight excluding hydrogens is 241 g/mol. The van der Waals surface area contributed by atoms with Gasteiger partial charge in [-0.1, -0.05) is 0 Å². The van der Waals surface area contributed by atoms with Crippen LogP contribution in [0.3, 0.4) is 0 Å². The van der Waals surface area contributed by atoms with Crippen molar-refractivity contribution in [1.29, 1.82) is 0 Å². The van der Waals surface area contributed by atoms with Crippen molar-refractivity contribution in [3.63, 3.8) is 0 Å². The second-order valence-corrected chi connectivity index (χ2v) is 3.25. The molecule has 0 aromatic carbocycles. The van der Waals surface area contributed by atoms with Crippen LogP contribution < -0.4 is 0 Å². The number of nitrogens with zero attached hydrogens (tertiary/aromatic N) is 4. The Hall–Kier alpha value is -1.64. The number of aromatic nitrogens is 3. The standard InChI is InChI=1S/C8H11F3N4O2/c9-8(10,11)4-14(1-2-16)7(17)3-15-6-12-5-13-15/h5-6,16H,1-4H2. The van der Waals surface area contributed by atoms with Crippen molar-refractivity contribution in [3.05, 3.63) is 12.7 Å². The van der Waals surface area contributed by atoms with Crippen LogP contribution in [0.5, 0.6) is 0 Å². The van der Waals surface area contributed by atoms with Gasteiger partial charge < -0.3 is 10.0 Å². The first-order valence-corrected chi connectivity index (χ1v) is 4.70. The Morgan fingerprint density at radius 3 is 2.65 bits per heavy atom. The number of halogens is 3. The number of amides is 1. The lowest BCUT2D eigenvalue weighted by Crippen LogP contribution is -2.42. The maximum atomic E-state index is 12.2. The molecule has 0 atom stereocenters. The van der Waals surface area contributed by atoms with Crippen LogP contribution in [0, 0.1) is 0 Å². The second-order valence-electron chi connectivity index (χ2n) is 3.25. The van der Waals surface area contributed by atoms with E-state index in [0.717, 1.165) is 4.68 Å². The van der Waals surface area contributed by atoms with Gasteiger partial charge in [-0.25, -0.2) is 9.67 Å². The first kappa shape index (κ1) is 13.4. The Morgan fingerprint density at radius 1 is 1.47 bits per heavy atom. The molecule has 0 saturated heterocycles. The summed E-state index contributed by atoms with van der Waals surface area (Å²) in [6, 6.07) is 0. The molecule has 0 spiro atoms. The number of alkyl halides is 3. The van der Waals surface area contributed by atoms with Crippen LogP contribution in [0.2, 0.25) is 0 Å². The molecule has 0 saturated carbocycles. The fourth-order valence-corrected chi connectivity index (χ4v) is 1.18. The van der Waals surface area contributed by atoms with Gasteiger partial charge in [-0.2, -0.15) is 18.3 Å². The van der Waals surface area contributed by atoms with E-state index in [-0.39, 0.29) is 13.1 Å². The molecule has 0 unspecified atom stereocenters. The summed E-state index contributed by atoms with van der Waals surface area (Å²) in [4.78, 5) is 15.6. The monoisotopic (exact) mass is 252 g/mol. The summed E-state index contributed by atoms with van der Waals surface area (Å²) in [7, 11) is 0. The topological polar surface area (TPSA) is 71.2 Å². The molecule has 9 heteroatoms. The lowest BCUT2D eigenvalue weighted by molar-refractivity contribution is -0.162. The minimum atomic E-state index is -4.49. The molecule has 0 aliphatic rings. The van der Waals surface area contributed by atoms with Crippen LogP contribution in [0.1, 0.15) is 0 Å². The van der Waals surface area contributed by atoms with Crippen molar-refractivity contribution in [2.24, 2.45) is 0 Å². The average molecular weight is 252 g/mol. The maximum absolute atomic E-state index is 12.2. The summed E-state index contributed by atoms with van der Waals surface area (Å²) < 4.78 is 37.6. The van der Waals surface area contributed by atoms with Gasteiger partial charge >= 0.3 is 6.18 Å². The van der Waals surface area contributed by atoms with Gasteiger partial charge in [-0.05, 0) is 0 Å². The van der Waals surface area contributed by atoms with E-state index >= 15 is 0 Å². The van der Waals surface area contributed by atoms with E-state index in [1.165, 1.54) is 12.7 Å². The van der Waals surface area contributed by atoms with Crippen LogP contribution in [-0.2, 0) is 11.3 Å². The highest BCUT2D eigenvalue weighted by molar-refractivity contribution is 5.75. The third-order valence-corrected chi connectivity index (χ3v) is 1.86. The normalized spacial score (nSPS) is 11.5. The summed E-state index contributed by atoms with van der Waals surface area (Å²) in [6.45, 7) is -2.62. The zero-order valence-corrected chi connectivity index (χ0v) is 8.76. The van der Waals surface area contributed by atoms with Crippen molar-refractivity contribution < 1.29 is 23.1 Å². The molecule has 6 nitrogen and oxygen atoms in total. The van der Waals surface area contributed by atoms with Gasteiger partial charge in [0.2, 0.25) is 5.91 Å². The van der Waals surface area contributed by atoms with Gasteiger partial charge in [0.05, 0.1) is 6.61 Å². The molecule has 0 aliphatic heterocycles. The summed E-state index contributed by atoms with van der Waals surface area (Å²) in [5, 5.41) is 12.2. The van der Waals surface area contributed by atoms with Crippen LogP contribution in [0.25, 0.3) is 0 Å². The highest BCUT2D eigenvalue weighted by Crippen LogP contribution is 2.16. The third-order valence-electron chi connectivity index (χ3n) is 1.86. The van der Waals surface area contributed by atoms with Gasteiger partial charge in [0, 0.05) is 6.54 Å². The molecule has 1 heterocycles. The number of carbonyl (C=O) groups is 1. The number of rotatable bonds is 5. The molecule has 0 radical (unpaired) electrons. The molecule has 1 aromatic rings. The number of aliphatic hydroxyl groups is 1. The zero-order valence-electron chi connectivity index (χ0n) is 8.76. The Balaban J connectivity index is 2.60. The lowest BCUT2D eigenvalue weighted by Gasteiger charge is -2.22. The minimum absolute atomic E-state index is 0.337. The number of hydrogen-bond donors (Lipinski definition) is 1. The van der Waals surface area contributed by atoms with Gasteiger partial charge in [-0.3, -0.25) is 4.79 Å². The summed E-state index contributed by atoms with van der Waals surface area (Å²) >= 11 is 0. The molecule has 17 heavy (non-hydrogen) atoms. The minimum Gasteiger partial charge on any atom is -0.395 e. The van der Waals surface area contributed by atoms with E-state index in [1.807, 2.05) is 0 Å². The molecule has 0 bridgehead atoms. The molecule has 1 rings (SSSR count). The van der Waals surface area contributed by atoms with Gasteiger partial charge in [-0.15, -0.1) is 0 Å². The summed E-state index contributed by atoms with van der Waals surface area (Å²) in [5.74, 6) is -0.776. The highest BCUT2D eigenvalue weighted by Gasteiger charge is 2.32. The van der Waals surface area contributed by atoms with Crippen molar-refractivity contribution >= 4 is 5.91 Å². The molecule has 1 N–H and O–H groups in total. The smallest absolute Gasteiger partial charge is 0.395 e. The van der Waals surface area contributed by atoms with E-state index < -0.39 is 25.2 Å². The van der Waals surface area contributed by atoms with E-state index in [4.69, 9.17) is 5.11 Å². The first-order valence-electron chi connectivity index (χ1n) is 4.70. The Kier molecular flexibility index (Phi) is 4.44. The molecule has 1 amide bonds. The molecular formula is C8H11F3N4O2. The van der Waals surface area contributed by atoms with E-state index in [0.29, 0.717) is 4.90 Å². The van der Waals surface area contributed by atoms with Crippen LogP contribution >= 0.6 is 0 Å². The quantitative estimate of drug-likeness (QED) is 0.778. The number of carbonyl (C=O) groups excluding carboxylic acids is 1. The lowest BCUT2D eigenvalue weighted by atomic mass is 10.4. The average Bonchev–Trinajstić information content (AvgIpc) is 2.67. The maximum Gasteiger partial charge on any atom is 0.406 e. The van der Waals surface area contributed by atoms with Gasteiger partial charge in [0.15, 0.2) is 0 Å². The van der Waals surface area contributed by atoms with Crippen molar-refractivity contribution in [1.82, 2.24) is 19.7 Å². The second kappa shape index (κ2) is 5.62. The highest BCUT2D eigenvalue weighted by atomic mass is 19.4. The van der Waals surface area contributed by atoms with Gasteiger partial charge in [0.25, 0.3) is 0 Å². The van der Waals surface area contributed by atoms with Crippen molar-refractivity contribution in [2.75, 3.05) is 19.7 Å². The largest absolute Gasteiger partial charge is 0.406 e. The predicted octanol–water partition coefficient (Wildman–Crippen LogP) is -0.339. The van der Waals surface area contributed by atoms with Gasteiger partial charge in [0.1, 0.15) is 25.7 Å². The van der Waals surface area contributed by atoms with E-state index in [2.05, 4.69) is 10.1 Å². The van der Waals surface area contributed by atoms with Crippen molar-refractivity contribution in [2.45, 2.75) is 12.7 Å². The summed E-state index contributed by atoms with van der Waals surface area (Å²) in [6.07, 6.45) is -2.09. The predicted molar refractivity (Wildman–Crippen MR) is 49.7 cm³/mol. The molecule has 0 aliphatic carbocycles. The fourth-order valence-electron chi connectivity index (χ4n) is 1.18. The first-order chi connectivity index (χ1) is 7.92. The fraction of sp³-hybridized carbons (Fsp3) is 0.625. The number of hydrogen-bond acceptors (Lipinski definition) is 4. The summed E-state index contributed by atoms with van der Waals surface area (Å²) in [5.41, 5.74) is 0. The molecule has 0 fully saturated rings. The Morgan fingerprint density at radius 2 is 2.18 bits per heavy atom. The van der Waals surface area contributed by atoms with Crippen LogP contribution in [0.4, 0.5) is 13.2 Å². The van der Waals surface area contributed by atoms with Crippen molar-refractivity contribution in [3.8, 4) is 0 Å². The third kappa shape index (κ3) is 4.81. The Bertz CT molecular complexity index is 352. The van der Waals surface area contributed by atoms with Crippen LogP contribution in [-0.4, -0.2) is 56.6 Å². The Labute approximate surface area is 94.7 Å². The van der Waals surface area contributed by atoms with E-state index in [9.17, 15) is 18.0 Å². The zero-order chi connectivity index (χ0) is 12.9. The molecule has 96 valence electrons. The SMILES string of the molecule is O=C(Cn1cncn1)N(CCO)CC(F)(F)F. The van der Waals surface area contributed by atoms with Crippen LogP contribution in [0.15, 0.2) is 12.7 Å². The molecule has 1 aromatic heterocycles. The van der Waals surface area contributed by atoms with E-state index in [1.54, 1.807) is 0 Å².